The molecule has 0 unspecified atom stereocenters. The molecule has 0 spiro atoms. The molecule has 4 aliphatic carbocycles. The number of thiocarbonyl (C=S) groups is 1. The third-order valence-corrected chi connectivity index (χ3v) is 9.24. The smallest absolute Gasteiger partial charge is 0.358 e. The van der Waals surface area contributed by atoms with Crippen molar-refractivity contribution in [3.05, 3.63) is 42.0 Å². The molecule has 4 heteroatoms. The SMILES string of the molecule is C[C@]12CC[C@H]3[C@@H](CCC4=CC(=O)CC[C@@]43C)[C@@H]1CC[C@@H]2OC(=S)Oc1ccccc1. The summed E-state index contributed by atoms with van der Waals surface area (Å²) in [6.07, 6.45) is 10.9. The van der Waals surface area contributed by atoms with Crippen molar-refractivity contribution in [1.82, 2.24) is 0 Å². The molecule has 0 amide bonds. The van der Waals surface area contributed by atoms with Crippen molar-refractivity contribution < 1.29 is 14.3 Å². The van der Waals surface area contributed by atoms with E-state index < -0.39 is 0 Å². The van der Waals surface area contributed by atoms with E-state index in [-0.39, 0.29) is 22.2 Å². The zero-order valence-corrected chi connectivity index (χ0v) is 18.9. The van der Waals surface area contributed by atoms with Crippen LogP contribution >= 0.6 is 12.2 Å². The van der Waals surface area contributed by atoms with Crippen molar-refractivity contribution in [3.8, 4) is 5.75 Å². The number of hydrogen-bond donors (Lipinski definition) is 0. The first-order valence-corrected chi connectivity index (χ1v) is 12.0. The van der Waals surface area contributed by atoms with E-state index in [0.717, 1.165) is 37.4 Å². The first-order chi connectivity index (χ1) is 14.4. The highest BCUT2D eigenvalue weighted by molar-refractivity contribution is 7.79. The molecule has 0 N–H and O–H groups in total. The molecule has 160 valence electrons. The first-order valence-electron chi connectivity index (χ1n) is 11.6. The quantitative estimate of drug-likeness (QED) is 0.524. The molecule has 1 aromatic carbocycles. The van der Waals surface area contributed by atoms with Gasteiger partial charge in [-0.15, -0.1) is 0 Å². The molecule has 4 aliphatic rings. The normalized spacial score (nSPS) is 39.9. The minimum atomic E-state index is 0.136. The van der Waals surface area contributed by atoms with Crippen LogP contribution in [0.1, 0.15) is 65.2 Å². The van der Waals surface area contributed by atoms with Gasteiger partial charge in [-0.2, -0.15) is 0 Å². The minimum absolute atomic E-state index is 0.136. The van der Waals surface area contributed by atoms with Crippen LogP contribution < -0.4 is 4.74 Å². The molecule has 0 heterocycles. The lowest BCUT2D eigenvalue weighted by molar-refractivity contribution is -0.117. The summed E-state index contributed by atoms with van der Waals surface area (Å²) >= 11 is 5.45. The highest BCUT2D eigenvalue weighted by atomic mass is 32.1. The van der Waals surface area contributed by atoms with Crippen LogP contribution in [0, 0.1) is 28.6 Å². The summed E-state index contributed by atoms with van der Waals surface area (Å²) in [4.78, 5) is 12.0. The number of rotatable bonds is 2. The Morgan fingerprint density at radius 1 is 1.00 bits per heavy atom. The van der Waals surface area contributed by atoms with Gasteiger partial charge in [0, 0.05) is 24.1 Å². The summed E-state index contributed by atoms with van der Waals surface area (Å²) in [7, 11) is 0. The van der Waals surface area contributed by atoms with Gasteiger partial charge in [-0.3, -0.25) is 4.79 Å². The van der Waals surface area contributed by atoms with Crippen molar-refractivity contribution in [2.24, 2.45) is 28.6 Å². The molecule has 5 rings (SSSR count). The standard InChI is InChI=1S/C26H32O3S/c1-25-14-12-18(27)16-17(25)8-9-20-21-10-11-23(26(21,2)15-13-22(20)25)29-24(30)28-19-6-4-3-5-7-19/h3-7,16,20-23H,8-15H2,1-2H3/t20-,21-,22-,23-,25-,26-/m0/s1. The van der Waals surface area contributed by atoms with E-state index in [1.54, 1.807) is 0 Å². The Labute approximate surface area is 185 Å². The Morgan fingerprint density at radius 3 is 2.60 bits per heavy atom. The molecular formula is C26H32O3S. The lowest BCUT2D eigenvalue weighted by Crippen LogP contribution is -2.51. The topological polar surface area (TPSA) is 35.5 Å². The molecule has 3 saturated carbocycles. The predicted molar refractivity (Wildman–Crippen MR) is 121 cm³/mol. The number of allylic oxidation sites excluding steroid dienone is 1. The van der Waals surface area contributed by atoms with Crippen LogP contribution in [0.2, 0.25) is 0 Å². The molecule has 0 radical (unpaired) electrons. The van der Waals surface area contributed by atoms with Gasteiger partial charge < -0.3 is 9.47 Å². The fourth-order valence-electron chi connectivity index (χ4n) is 7.43. The monoisotopic (exact) mass is 424 g/mol. The lowest BCUT2D eigenvalue weighted by Gasteiger charge is -2.57. The van der Waals surface area contributed by atoms with E-state index in [4.69, 9.17) is 21.7 Å². The number of ether oxygens (including phenoxy) is 2. The number of fused-ring (bicyclic) bond motifs is 5. The highest BCUT2D eigenvalue weighted by Gasteiger charge is 2.59. The number of carbonyl (C=O) groups is 1. The number of carbonyl (C=O) groups excluding carboxylic acids is 1. The van der Waals surface area contributed by atoms with Gasteiger partial charge in [0.2, 0.25) is 0 Å². The van der Waals surface area contributed by atoms with Crippen LogP contribution in [0.5, 0.6) is 5.75 Å². The average molecular weight is 425 g/mol. The third-order valence-electron chi connectivity index (χ3n) is 9.06. The highest BCUT2D eigenvalue weighted by Crippen LogP contribution is 2.65. The number of benzene rings is 1. The van der Waals surface area contributed by atoms with Gasteiger partial charge in [-0.25, -0.2) is 0 Å². The van der Waals surface area contributed by atoms with Gasteiger partial charge >= 0.3 is 5.24 Å². The summed E-state index contributed by atoms with van der Waals surface area (Å²) < 4.78 is 12.0. The molecule has 0 saturated heterocycles. The molecular weight excluding hydrogens is 392 g/mol. The number of para-hydroxylation sites is 1. The Balaban J connectivity index is 1.31. The van der Waals surface area contributed by atoms with E-state index in [1.807, 2.05) is 36.4 Å². The van der Waals surface area contributed by atoms with Crippen molar-refractivity contribution >= 4 is 23.2 Å². The zero-order valence-electron chi connectivity index (χ0n) is 18.1. The second-order valence-electron chi connectivity index (χ2n) is 10.4. The Hall–Kier alpha value is -1.68. The van der Waals surface area contributed by atoms with E-state index >= 15 is 0 Å². The lowest BCUT2D eigenvalue weighted by atomic mass is 9.47. The molecule has 0 aliphatic heterocycles. The van der Waals surface area contributed by atoms with Gasteiger partial charge in [0.15, 0.2) is 5.78 Å². The van der Waals surface area contributed by atoms with Gasteiger partial charge in [-0.05, 0) is 86.3 Å². The van der Waals surface area contributed by atoms with E-state index in [9.17, 15) is 4.79 Å². The molecule has 30 heavy (non-hydrogen) atoms. The maximum absolute atomic E-state index is 12.0. The molecule has 0 bridgehead atoms. The van der Waals surface area contributed by atoms with Crippen molar-refractivity contribution in [1.29, 1.82) is 0 Å². The molecule has 3 fully saturated rings. The van der Waals surface area contributed by atoms with Crippen LogP contribution in [0.15, 0.2) is 42.0 Å². The van der Waals surface area contributed by atoms with E-state index in [2.05, 4.69) is 13.8 Å². The maximum Gasteiger partial charge on any atom is 0.358 e. The van der Waals surface area contributed by atoms with Gasteiger partial charge in [0.05, 0.1) is 0 Å². The van der Waals surface area contributed by atoms with Crippen molar-refractivity contribution in [2.75, 3.05) is 0 Å². The fourth-order valence-corrected chi connectivity index (χ4v) is 7.64. The maximum atomic E-state index is 12.0. The van der Waals surface area contributed by atoms with Crippen LogP contribution in [0.4, 0.5) is 0 Å². The minimum Gasteiger partial charge on any atom is -0.453 e. The second kappa shape index (κ2) is 7.47. The Bertz CT molecular complexity index is 878. The average Bonchev–Trinajstić information content (AvgIpc) is 3.05. The first kappa shape index (κ1) is 20.2. The van der Waals surface area contributed by atoms with Crippen LogP contribution in [-0.4, -0.2) is 17.1 Å². The summed E-state index contributed by atoms with van der Waals surface area (Å²) in [5.74, 6) is 3.18. The fraction of sp³-hybridized carbons (Fsp3) is 0.615. The van der Waals surface area contributed by atoms with Crippen molar-refractivity contribution in [3.63, 3.8) is 0 Å². The Morgan fingerprint density at radius 2 is 1.80 bits per heavy atom. The van der Waals surface area contributed by atoms with Gasteiger partial charge in [0.1, 0.15) is 11.9 Å². The summed E-state index contributed by atoms with van der Waals surface area (Å²) in [6.45, 7) is 4.87. The third kappa shape index (κ3) is 3.23. The molecule has 6 atom stereocenters. The predicted octanol–water partition coefficient (Wildman–Crippen LogP) is 6.27. The number of ketones is 1. The van der Waals surface area contributed by atoms with Crippen molar-refractivity contribution in [2.45, 2.75) is 71.3 Å². The summed E-state index contributed by atoms with van der Waals surface area (Å²) in [5.41, 5.74) is 1.82. The summed E-state index contributed by atoms with van der Waals surface area (Å²) in [6, 6.07) is 9.66. The molecule has 0 aromatic heterocycles. The van der Waals surface area contributed by atoms with Gasteiger partial charge in [-0.1, -0.05) is 37.6 Å². The second-order valence-corrected chi connectivity index (χ2v) is 10.7. The largest absolute Gasteiger partial charge is 0.453 e. The molecule has 1 aromatic rings. The summed E-state index contributed by atoms with van der Waals surface area (Å²) in [5, 5.41) is 0.252. The number of hydrogen-bond acceptors (Lipinski definition) is 4. The molecule has 3 nitrogen and oxygen atoms in total. The Kier molecular flexibility index (Phi) is 5.04. The van der Waals surface area contributed by atoms with Crippen LogP contribution in [-0.2, 0) is 9.53 Å². The van der Waals surface area contributed by atoms with Crippen LogP contribution in [0.3, 0.4) is 0 Å². The van der Waals surface area contributed by atoms with E-state index in [1.165, 1.54) is 31.3 Å². The van der Waals surface area contributed by atoms with Gasteiger partial charge in [0.25, 0.3) is 0 Å². The van der Waals surface area contributed by atoms with E-state index in [0.29, 0.717) is 17.6 Å². The zero-order chi connectivity index (χ0) is 20.9. The van der Waals surface area contributed by atoms with Crippen LogP contribution in [0.25, 0.3) is 0 Å².